The molecule has 0 aliphatic heterocycles. The number of furan rings is 1. The Bertz CT molecular complexity index is 2650. The topological polar surface area (TPSA) is 36.9 Å². The third kappa shape index (κ3) is 4.31. The largest absolute Gasteiger partial charge is 0.456 e. The van der Waals surface area contributed by atoms with Crippen molar-refractivity contribution in [3.05, 3.63) is 157 Å². The minimum absolute atomic E-state index is 0.632. The molecule has 0 aliphatic carbocycles. The van der Waals surface area contributed by atoms with Gasteiger partial charge >= 0.3 is 0 Å². The fourth-order valence-corrected chi connectivity index (χ4v) is 7.95. The summed E-state index contributed by atoms with van der Waals surface area (Å²) in [5, 5.41) is 14.9. The van der Waals surface area contributed by atoms with Crippen LogP contribution in [0.5, 0.6) is 0 Å². The van der Waals surface area contributed by atoms with Crippen LogP contribution in [0, 0.1) is 11.3 Å². The summed E-state index contributed by atoms with van der Waals surface area (Å²) in [5.41, 5.74) is 11.1. The van der Waals surface area contributed by atoms with E-state index in [1.54, 1.807) is 0 Å². The monoisotopic (exact) mass is 603 g/mol. The Labute approximate surface area is 270 Å². The Morgan fingerprint density at radius 3 is 2.04 bits per heavy atom. The highest BCUT2D eigenvalue weighted by molar-refractivity contribution is 7.26. The Morgan fingerprint density at radius 1 is 0.435 bits per heavy atom. The van der Waals surface area contributed by atoms with Crippen LogP contribution in [0.3, 0.4) is 0 Å². The van der Waals surface area contributed by atoms with Gasteiger partial charge in [-0.25, -0.2) is 0 Å². The van der Waals surface area contributed by atoms with Crippen molar-refractivity contribution in [2.75, 3.05) is 0 Å². The van der Waals surface area contributed by atoms with Crippen LogP contribution >= 0.6 is 11.3 Å². The predicted octanol–water partition coefficient (Wildman–Crippen LogP) is 12.5. The lowest BCUT2D eigenvalue weighted by atomic mass is 9.88. The second-order valence-corrected chi connectivity index (χ2v) is 12.7. The van der Waals surface area contributed by atoms with Gasteiger partial charge in [0.2, 0.25) is 0 Å². The lowest BCUT2D eigenvalue weighted by Gasteiger charge is -2.15. The molecule has 0 radical (unpaired) electrons. The van der Waals surface area contributed by atoms with Crippen molar-refractivity contribution in [1.82, 2.24) is 0 Å². The molecule has 0 saturated carbocycles. The molecule has 3 heteroatoms. The fraction of sp³-hybridized carbons (Fsp3) is 0. The number of rotatable bonds is 4. The second kappa shape index (κ2) is 10.6. The van der Waals surface area contributed by atoms with E-state index in [4.69, 9.17) is 4.42 Å². The van der Waals surface area contributed by atoms with Crippen molar-refractivity contribution >= 4 is 53.4 Å². The first-order valence-corrected chi connectivity index (χ1v) is 16.1. The van der Waals surface area contributed by atoms with Crippen LogP contribution in [0.15, 0.2) is 156 Å². The van der Waals surface area contributed by atoms with Gasteiger partial charge in [-0.3, -0.25) is 0 Å². The van der Waals surface area contributed by atoms with Gasteiger partial charge in [0.1, 0.15) is 11.2 Å². The summed E-state index contributed by atoms with van der Waals surface area (Å²) in [7, 11) is 0. The van der Waals surface area contributed by atoms with Gasteiger partial charge < -0.3 is 4.42 Å². The SMILES string of the molecule is N#Cc1cc(-c2ccccc2)cc(-c2cc(-c3cccc4c3sc3ccccc34)ccc2-c2ccc3c(c2)oc2ccccc23)c1. The van der Waals surface area contributed by atoms with E-state index >= 15 is 0 Å². The zero-order chi connectivity index (χ0) is 30.6. The van der Waals surface area contributed by atoms with Gasteiger partial charge in [0, 0.05) is 30.9 Å². The Morgan fingerprint density at radius 2 is 1.15 bits per heavy atom. The van der Waals surface area contributed by atoms with E-state index in [1.807, 2.05) is 59.9 Å². The van der Waals surface area contributed by atoms with E-state index in [9.17, 15) is 5.26 Å². The standard InChI is InChI=1S/C43H25NOS/c44-26-27-21-31(28-9-2-1-3-10-28)23-32(22-27)39-24-29(34-13-8-14-38-37-12-5-7-16-42(37)46-43(34)38)17-19-33(39)30-18-20-36-35-11-4-6-15-40(35)45-41(36)25-30/h1-25H. The molecule has 214 valence electrons. The highest BCUT2D eigenvalue weighted by Gasteiger charge is 2.17. The molecule has 9 aromatic rings. The van der Waals surface area contributed by atoms with Crippen molar-refractivity contribution in [2.24, 2.45) is 0 Å². The number of fused-ring (bicyclic) bond motifs is 6. The number of nitriles is 1. The number of thiophene rings is 1. The lowest BCUT2D eigenvalue weighted by molar-refractivity contribution is 0.669. The fourth-order valence-electron chi connectivity index (χ4n) is 6.72. The van der Waals surface area contributed by atoms with Crippen LogP contribution < -0.4 is 0 Å². The van der Waals surface area contributed by atoms with Gasteiger partial charge in [-0.2, -0.15) is 5.26 Å². The van der Waals surface area contributed by atoms with E-state index in [2.05, 4.69) is 109 Å². The maximum absolute atomic E-state index is 10.1. The molecule has 0 unspecified atom stereocenters. The number of benzene rings is 7. The first-order valence-electron chi connectivity index (χ1n) is 15.3. The molecule has 0 aliphatic rings. The van der Waals surface area contributed by atoms with Crippen molar-refractivity contribution < 1.29 is 4.42 Å². The summed E-state index contributed by atoms with van der Waals surface area (Å²) in [6.45, 7) is 0. The quantitative estimate of drug-likeness (QED) is 0.201. The molecule has 2 heterocycles. The Balaban J connectivity index is 1.30. The van der Waals surface area contributed by atoms with Gasteiger partial charge in [-0.05, 0) is 93.0 Å². The third-order valence-corrected chi connectivity index (χ3v) is 10.1. The molecule has 9 rings (SSSR count). The van der Waals surface area contributed by atoms with Crippen molar-refractivity contribution in [1.29, 1.82) is 5.26 Å². The molecule has 0 saturated heterocycles. The summed E-state index contributed by atoms with van der Waals surface area (Å²) >= 11 is 1.84. The molecular formula is C43H25NOS. The first-order chi connectivity index (χ1) is 22.7. The molecule has 0 N–H and O–H groups in total. The summed E-state index contributed by atoms with van der Waals surface area (Å²) in [4.78, 5) is 0. The molecule has 0 fully saturated rings. The Kier molecular flexibility index (Phi) is 6.09. The number of nitrogens with zero attached hydrogens (tertiary/aromatic N) is 1. The zero-order valence-corrected chi connectivity index (χ0v) is 25.5. The smallest absolute Gasteiger partial charge is 0.136 e. The molecule has 2 aromatic heterocycles. The molecule has 7 aromatic carbocycles. The third-order valence-electron chi connectivity index (χ3n) is 8.90. The van der Waals surface area contributed by atoms with Gasteiger partial charge in [0.15, 0.2) is 0 Å². The number of para-hydroxylation sites is 1. The number of hydrogen-bond acceptors (Lipinski definition) is 3. The summed E-state index contributed by atoms with van der Waals surface area (Å²) in [6, 6.07) is 55.5. The summed E-state index contributed by atoms with van der Waals surface area (Å²) < 4.78 is 8.87. The van der Waals surface area contributed by atoms with Gasteiger partial charge in [0.05, 0.1) is 11.6 Å². The van der Waals surface area contributed by atoms with E-state index < -0.39 is 0 Å². The van der Waals surface area contributed by atoms with E-state index in [1.165, 1.54) is 25.7 Å². The lowest BCUT2D eigenvalue weighted by Crippen LogP contribution is -1.90. The highest BCUT2D eigenvalue weighted by atomic mass is 32.1. The maximum Gasteiger partial charge on any atom is 0.136 e. The molecule has 0 bridgehead atoms. The average molecular weight is 604 g/mol. The highest BCUT2D eigenvalue weighted by Crippen LogP contribution is 2.43. The van der Waals surface area contributed by atoms with Gasteiger partial charge in [-0.15, -0.1) is 11.3 Å². The van der Waals surface area contributed by atoms with E-state index in [-0.39, 0.29) is 0 Å². The van der Waals surface area contributed by atoms with Crippen molar-refractivity contribution in [2.45, 2.75) is 0 Å². The van der Waals surface area contributed by atoms with Crippen LogP contribution in [0.4, 0.5) is 0 Å². The minimum atomic E-state index is 0.632. The zero-order valence-electron chi connectivity index (χ0n) is 24.7. The van der Waals surface area contributed by atoms with E-state index in [0.717, 1.165) is 60.9 Å². The molecule has 2 nitrogen and oxygen atoms in total. The van der Waals surface area contributed by atoms with Crippen molar-refractivity contribution in [3.63, 3.8) is 0 Å². The molecule has 0 amide bonds. The summed E-state index contributed by atoms with van der Waals surface area (Å²) in [6.07, 6.45) is 0. The van der Waals surface area contributed by atoms with Gasteiger partial charge in [0.25, 0.3) is 0 Å². The maximum atomic E-state index is 10.1. The molecule has 46 heavy (non-hydrogen) atoms. The molecular weight excluding hydrogens is 579 g/mol. The number of hydrogen-bond donors (Lipinski definition) is 0. The van der Waals surface area contributed by atoms with Crippen LogP contribution in [-0.4, -0.2) is 0 Å². The molecule has 0 spiro atoms. The van der Waals surface area contributed by atoms with Crippen LogP contribution in [-0.2, 0) is 0 Å². The van der Waals surface area contributed by atoms with Gasteiger partial charge in [-0.1, -0.05) is 103 Å². The van der Waals surface area contributed by atoms with Crippen LogP contribution in [0.25, 0.3) is 86.6 Å². The Hall–Kier alpha value is -5.95. The normalized spacial score (nSPS) is 11.5. The van der Waals surface area contributed by atoms with E-state index in [0.29, 0.717) is 5.56 Å². The summed E-state index contributed by atoms with van der Waals surface area (Å²) in [5.74, 6) is 0. The minimum Gasteiger partial charge on any atom is -0.456 e. The average Bonchev–Trinajstić information content (AvgIpc) is 3.69. The predicted molar refractivity (Wildman–Crippen MR) is 193 cm³/mol. The van der Waals surface area contributed by atoms with Crippen molar-refractivity contribution in [3.8, 4) is 50.6 Å². The second-order valence-electron chi connectivity index (χ2n) is 11.6. The van der Waals surface area contributed by atoms with Crippen LogP contribution in [0.1, 0.15) is 5.56 Å². The van der Waals surface area contributed by atoms with Crippen LogP contribution in [0.2, 0.25) is 0 Å². The first kappa shape index (κ1) is 26.5. The molecule has 0 atom stereocenters.